The lowest BCUT2D eigenvalue weighted by molar-refractivity contribution is -0.143. The fourth-order valence-corrected chi connectivity index (χ4v) is 6.05. The molecule has 2 fully saturated rings. The van der Waals surface area contributed by atoms with Gasteiger partial charge in [-0.25, -0.2) is 4.79 Å². The van der Waals surface area contributed by atoms with Gasteiger partial charge in [0.2, 0.25) is 5.91 Å². The van der Waals surface area contributed by atoms with Crippen molar-refractivity contribution in [1.29, 1.82) is 0 Å². The van der Waals surface area contributed by atoms with E-state index in [9.17, 15) is 14.7 Å². The van der Waals surface area contributed by atoms with E-state index in [1.54, 1.807) is 0 Å². The normalized spacial score (nSPS) is 21.6. The maximum absolute atomic E-state index is 13.0. The minimum Gasteiger partial charge on any atom is -0.488 e. The molecule has 2 aromatic carbocycles. The third-order valence-electron chi connectivity index (χ3n) is 8.54. The predicted molar refractivity (Wildman–Crippen MR) is 144 cm³/mol. The molecule has 1 aliphatic heterocycles. The number of hydrogen-bond acceptors (Lipinski definition) is 5. The fraction of sp³-hybridized carbons (Fsp3) is 0.484. The Balaban J connectivity index is 1.28. The van der Waals surface area contributed by atoms with E-state index in [0.717, 1.165) is 47.8 Å². The highest BCUT2D eigenvalue weighted by atomic mass is 16.5. The third kappa shape index (κ3) is 5.17. The van der Waals surface area contributed by atoms with Gasteiger partial charge in [-0.15, -0.1) is 0 Å². The number of aryl methyl sites for hydroxylation is 3. The van der Waals surface area contributed by atoms with E-state index in [2.05, 4.69) is 19.1 Å². The molecular weight excluding hydrogens is 466 g/mol. The Morgan fingerprint density at radius 2 is 1.86 bits per heavy atom. The Kier molecular flexibility index (Phi) is 7.13. The van der Waals surface area contributed by atoms with Crippen LogP contribution in [-0.4, -0.2) is 34.6 Å². The number of amides is 1. The topological polar surface area (TPSA) is 80.0 Å². The highest BCUT2D eigenvalue weighted by Crippen LogP contribution is 2.40. The first-order valence-electron chi connectivity index (χ1n) is 13.5. The van der Waals surface area contributed by atoms with Gasteiger partial charge < -0.3 is 19.2 Å². The zero-order valence-corrected chi connectivity index (χ0v) is 22.1. The molecule has 2 aliphatic rings. The van der Waals surface area contributed by atoms with Gasteiger partial charge in [0.15, 0.2) is 0 Å². The van der Waals surface area contributed by atoms with Gasteiger partial charge in [0.25, 0.3) is 0 Å². The molecule has 37 heavy (non-hydrogen) atoms. The number of rotatable bonds is 6. The molecule has 196 valence electrons. The lowest BCUT2D eigenvalue weighted by Gasteiger charge is -2.47. The summed E-state index contributed by atoms with van der Waals surface area (Å²) in [6.45, 7) is 7.52. The van der Waals surface area contributed by atoms with Crippen molar-refractivity contribution < 1.29 is 19.1 Å². The number of nitrogens with zero attached hydrogens (tertiary/aromatic N) is 1. The zero-order chi connectivity index (χ0) is 26.2. The van der Waals surface area contributed by atoms with Crippen LogP contribution in [0.5, 0.6) is 5.75 Å². The van der Waals surface area contributed by atoms with Gasteiger partial charge in [-0.3, -0.25) is 4.79 Å². The van der Waals surface area contributed by atoms with Crippen LogP contribution in [0.2, 0.25) is 0 Å². The Labute approximate surface area is 218 Å². The lowest BCUT2D eigenvalue weighted by Crippen LogP contribution is -2.54. The van der Waals surface area contributed by atoms with Gasteiger partial charge in [0, 0.05) is 41.9 Å². The quantitative estimate of drug-likeness (QED) is 0.457. The third-order valence-corrected chi connectivity index (χ3v) is 8.54. The van der Waals surface area contributed by atoms with E-state index in [1.807, 2.05) is 43.0 Å². The number of carbonyl (C=O) groups is 1. The summed E-state index contributed by atoms with van der Waals surface area (Å²) in [5.41, 5.74) is 4.01. The number of aliphatic hydroxyl groups is 1. The highest BCUT2D eigenvalue weighted by Gasteiger charge is 2.43. The van der Waals surface area contributed by atoms with Crippen molar-refractivity contribution >= 4 is 16.9 Å². The number of ether oxygens (including phenoxy) is 1. The summed E-state index contributed by atoms with van der Waals surface area (Å²) >= 11 is 0. The van der Waals surface area contributed by atoms with E-state index in [-0.39, 0.29) is 18.2 Å². The number of likely N-dealkylation sites (tertiary alicyclic amines) is 1. The van der Waals surface area contributed by atoms with Gasteiger partial charge in [-0.05, 0) is 69.7 Å². The average molecular weight is 504 g/mol. The Morgan fingerprint density at radius 3 is 2.65 bits per heavy atom. The van der Waals surface area contributed by atoms with Crippen molar-refractivity contribution in [3.05, 3.63) is 74.6 Å². The van der Waals surface area contributed by atoms with Crippen LogP contribution in [0.15, 0.2) is 45.6 Å². The van der Waals surface area contributed by atoms with Gasteiger partial charge in [-0.2, -0.15) is 0 Å². The summed E-state index contributed by atoms with van der Waals surface area (Å²) < 4.78 is 11.8. The maximum atomic E-state index is 13.0. The highest BCUT2D eigenvalue weighted by molar-refractivity contribution is 5.86. The zero-order valence-electron chi connectivity index (χ0n) is 22.1. The molecule has 3 aromatic rings. The Morgan fingerprint density at radius 1 is 1.08 bits per heavy atom. The summed E-state index contributed by atoms with van der Waals surface area (Å²) in [6, 6.07) is 12.1. The van der Waals surface area contributed by atoms with Gasteiger partial charge >= 0.3 is 5.63 Å². The molecule has 0 spiro atoms. The van der Waals surface area contributed by atoms with Crippen molar-refractivity contribution in [2.45, 2.75) is 77.9 Å². The van der Waals surface area contributed by atoms with Crippen LogP contribution in [0, 0.1) is 26.7 Å². The minimum absolute atomic E-state index is 0.0440. The first-order valence-corrected chi connectivity index (χ1v) is 13.5. The van der Waals surface area contributed by atoms with E-state index >= 15 is 0 Å². The fourth-order valence-electron chi connectivity index (χ4n) is 6.05. The molecule has 6 nitrogen and oxygen atoms in total. The molecule has 2 heterocycles. The molecule has 0 bridgehead atoms. The number of hydrogen-bond donors (Lipinski definition) is 1. The molecule has 6 heteroatoms. The predicted octanol–water partition coefficient (Wildman–Crippen LogP) is 5.38. The molecule has 2 atom stereocenters. The summed E-state index contributed by atoms with van der Waals surface area (Å²) in [5, 5.41) is 11.8. The summed E-state index contributed by atoms with van der Waals surface area (Å²) in [5.74, 6) is 0.894. The van der Waals surface area contributed by atoms with Crippen LogP contribution in [-0.2, 0) is 17.8 Å². The van der Waals surface area contributed by atoms with Crippen LogP contribution in [0.1, 0.15) is 66.3 Å². The largest absolute Gasteiger partial charge is 0.488 e. The van der Waals surface area contributed by atoms with Gasteiger partial charge in [0.05, 0.1) is 5.60 Å². The first kappa shape index (κ1) is 25.5. The number of piperidine rings is 1. The van der Waals surface area contributed by atoms with E-state index in [0.29, 0.717) is 49.4 Å². The second-order valence-corrected chi connectivity index (χ2v) is 11.0. The molecule has 1 aromatic heterocycles. The molecule has 5 rings (SSSR count). The Bertz CT molecular complexity index is 1360. The van der Waals surface area contributed by atoms with Crippen molar-refractivity contribution in [3.63, 3.8) is 0 Å². The van der Waals surface area contributed by atoms with Crippen molar-refractivity contribution in [3.8, 4) is 5.75 Å². The lowest BCUT2D eigenvalue weighted by atomic mass is 9.71. The molecule has 0 unspecified atom stereocenters. The molecule has 1 amide bonds. The first-order chi connectivity index (χ1) is 17.7. The molecule has 1 aliphatic carbocycles. The van der Waals surface area contributed by atoms with E-state index in [4.69, 9.17) is 9.15 Å². The standard InChI is InChI=1S/C31H37NO5/c1-20-7-9-23(10-8-20)19-36-27-13-11-25-21(2)26(30(34)37-29(25)22(27)3)12-14-28(33)32-17-16-31(35)15-5-4-6-24(31)18-32/h7-11,13,24,35H,4-6,12,14-19H2,1-3H3/t24-,31+/m0/s1. The molecule has 1 N–H and O–H groups in total. The number of fused-ring (bicyclic) bond motifs is 2. The SMILES string of the molecule is Cc1ccc(COc2ccc3c(C)c(CCC(=O)N4CC[C@]5(O)CCCC[C@H]5C4)c(=O)oc3c2C)cc1. The molecule has 1 saturated carbocycles. The number of benzene rings is 2. The van der Waals surface area contributed by atoms with E-state index in [1.165, 1.54) is 5.56 Å². The molecule has 0 radical (unpaired) electrons. The van der Waals surface area contributed by atoms with Gasteiger partial charge in [-0.1, -0.05) is 42.7 Å². The van der Waals surface area contributed by atoms with E-state index < -0.39 is 11.2 Å². The maximum Gasteiger partial charge on any atom is 0.339 e. The second kappa shape index (κ2) is 10.3. The minimum atomic E-state index is -0.606. The van der Waals surface area contributed by atoms with Crippen molar-refractivity contribution in [2.75, 3.05) is 13.1 Å². The number of carbonyl (C=O) groups excluding carboxylic acids is 1. The van der Waals surface area contributed by atoms with Crippen LogP contribution < -0.4 is 10.4 Å². The van der Waals surface area contributed by atoms with Gasteiger partial charge in [0.1, 0.15) is 17.9 Å². The Hall–Kier alpha value is -3.12. The second-order valence-electron chi connectivity index (χ2n) is 11.0. The summed E-state index contributed by atoms with van der Waals surface area (Å²) in [7, 11) is 0. The van der Waals surface area contributed by atoms with Crippen molar-refractivity contribution in [1.82, 2.24) is 4.90 Å². The average Bonchev–Trinajstić information content (AvgIpc) is 2.89. The van der Waals surface area contributed by atoms with Crippen LogP contribution in [0.3, 0.4) is 0 Å². The summed E-state index contributed by atoms with van der Waals surface area (Å²) in [6.07, 6.45) is 5.26. The van der Waals surface area contributed by atoms with Crippen molar-refractivity contribution in [2.24, 2.45) is 5.92 Å². The van der Waals surface area contributed by atoms with Crippen LogP contribution in [0.25, 0.3) is 11.0 Å². The smallest absolute Gasteiger partial charge is 0.339 e. The van der Waals surface area contributed by atoms with Crippen LogP contribution in [0.4, 0.5) is 0 Å². The molecular formula is C31H37NO5. The van der Waals surface area contributed by atoms with Crippen LogP contribution >= 0.6 is 0 Å². The monoisotopic (exact) mass is 503 g/mol. The summed E-state index contributed by atoms with van der Waals surface area (Å²) in [4.78, 5) is 27.9. The molecule has 1 saturated heterocycles.